The van der Waals surface area contributed by atoms with Crippen LogP contribution >= 0.6 is 0 Å². The van der Waals surface area contributed by atoms with E-state index in [1.165, 1.54) is 15.3 Å². The van der Waals surface area contributed by atoms with Gasteiger partial charge in [-0.2, -0.15) is 5.10 Å². The van der Waals surface area contributed by atoms with Crippen LogP contribution in [0.2, 0.25) is 0 Å². The van der Waals surface area contributed by atoms with E-state index < -0.39 is 28.8 Å². The highest BCUT2D eigenvalue weighted by Crippen LogP contribution is 2.25. The minimum atomic E-state index is -0.671. The Morgan fingerprint density at radius 2 is 1.64 bits per heavy atom. The minimum Gasteiger partial charge on any atom is -0.485 e. The lowest BCUT2D eigenvalue weighted by Gasteiger charge is -2.12. The summed E-state index contributed by atoms with van der Waals surface area (Å²) in [5.74, 6) is -2.33. The van der Waals surface area contributed by atoms with Crippen molar-refractivity contribution in [3.63, 3.8) is 0 Å². The fourth-order valence-electron chi connectivity index (χ4n) is 3.95. The van der Waals surface area contributed by atoms with Gasteiger partial charge in [0.15, 0.2) is 11.4 Å². The number of benzene rings is 2. The van der Waals surface area contributed by atoms with Crippen molar-refractivity contribution in [1.82, 2.24) is 19.2 Å². The molecule has 36 heavy (non-hydrogen) atoms. The van der Waals surface area contributed by atoms with E-state index in [-0.39, 0.29) is 40.5 Å². The molecule has 0 aliphatic rings. The number of rotatable bonds is 5. The fourth-order valence-corrected chi connectivity index (χ4v) is 3.95. The van der Waals surface area contributed by atoms with Crippen LogP contribution in [0.1, 0.15) is 17.0 Å². The minimum absolute atomic E-state index is 0.0123. The van der Waals surface area contributed by atoms with Gasteiger partial charge in [-0.3, -0.25) is 9.20 Å². The van der Waals surface area contributed by atoms with Gasteiger partial charge >= 0.3 is 0 Å². The maximum Gasteiger partial charge on any atom is 0.267 e. The maximum atomic E-state index is 14.3. The molecule has 0 atom stereocenters. The predicted octanol–water partition coefficient (Wildman–Crippen LogP) is 5.30. The third-order valence-electron chi connectivity index (χ3n) is 5.67. The van der Waals surface area contributed by atoms with Gasteiger partial charge in [0, 0.05) is 23.5 Å². The third kappa shape index (κ3) is 4.10. The van der Waals surface area contributed by atoms with Crippen molar-refractivity contribution in [3.05, 3.63) is 111 Å². The van der Waals surface area contributed by atoms with E-state index in [0.717, 1.165) is 36.4 Å². The highest BCUT2D eigenvalue weighted by molar-refractivity contribution is 5.65. The quantitative estimate of drug-likeness (QED) is 0.311. The van der Waals surface area contributed by atoms with E-state index in [2.05, 4.69) is 10.1 Å². The molecule has 0 spiro atoms. The second-order valence-electron chi connectivity index (χ2n) is 8.15. The van der Waals surface area contributed by atoms with E-state index in [1.54, 1.807) is 32.0 Å². The Bertz CT molecular complexity index is 1690. The van der Waals surface area contributed by atoms with Crippen molar-refractivity contribution in [3.8, 4) is 22.7 Å². The zero-order chi connectivity index (χ0) is 25.6. The van der Waals surface area contributed by atoms with Crippen LogP contribution < -0.4 is 10.3 Å². The summed E-state index contributed by atoms with van der Waals surface area (Å²) in [5.41, 5.74) is 0.819. The van der Waals surface area contributed by atoms with E-state index in [4.69, 9.17) is 4.74 Å². The number of aromatic nitrogens is 4. The van der Waals surface area contributed by atoms with E-state index in [1.807, 2.05) is 0 Å². The first-order chi connectivity index (χ1) is 17.2. The standard InChI is InChI=1S/C26H18F4N4O2/c1-14-10-21(32-34(14)22-12-18(28)6-8-20(22)30)24-15(2)31-25-23(4-3-9-33(25)26(24)35)36-13-16-11-17(27)5-7-19(16)29/h3-12H,13H2,1-2H3. The first-order valence-electron chi connectivity index (χ1n) is 10.8. The largest absolute Gasteiger partial charge is 0.485 e. The summed E-state index contributed by atoms with van der Waals surface area (Å²) < 4.78 is 63.7. The van der Waals surface area contributed by atoms with Crippen LogP contribution in [0, 0.1) is 37.1 Å². The molecular formula is C26H18F4N4O2. The molecule has 10 heteroatoms. The highest BCUT2D eigenvalue weighted by Gasteiger charge is 2.20. The van der Waals surface area contributed by atoms with E-state index in [9.17, 15) is 22.4 Å². The van der Waals surface area contributed by atoms with Crippen molar-refractivity contribution in [1.29, 1.82) is 0 Å². The van der Waals surface area contributed by atoms with Crippen molar-refractivity contribution < 1.29 is 22.3 Å². The highest BCUT2D eigenvalue weighted by atomic mass is 19.1. The van der Waals surface area contributed by atoms with Crippen LogP contribution in [-0.4, -0.2) is 19.2 Å². The lowest BCUT2D eigenvalue weighted by atomic mass is 10.1. The van der Waals surface area contributed by atoms with Crippen LogP contribution in [0.25, 0.3) is 22.6 Å². The summed E-state index contributed by atoms with van der Waals surface area (Å²) in [6, 6.07) is 10.8. The van der Waals surface area contributed by atoms with Crippen LogP contribution in [-0.2, 0) is 6.61 Å². The Kier molecular flexibility index (Phi) is 5.79. The summed E-state index contributed by atoms with van der Waals surface area (Å²) in [5, 5.41) is 4.35. The van der Waals surface area contributed by atoms with Crippen LogP contribution in [0.3, 0.4) is 0 Å². The molecule has 0 aliphatic heterocycles. The van der Waals surface area contributed by atoms with Crippen molar-refractivity contribution >= 4 is 5.65 Å². The third-order valence-corrected chi connectivity index (χ3v) is 5.67. The zero-order valence-electron chi connectivity index (χ0n) is 19.1. The molecule has 0 amide bonds. The van der Waals surface area contributed by atoms with E-state index in [0.29, 0.717) is 11.4 Å². The van der Waals surface area contributed by atoms with E-state index >= 15 is 0 Å². The van der Waals surface area contributed by atoms with Gasteiger partial charge in [-0.25, -0.2) is 27.2 Å². The SMILES string of the molecule is Cc1nc2c(OCc3cc(F)ccc3F)cccn2c(=O)c1-c1cc(C)n(-c2cc(F)ccc2F)n1. The van der Waals surface area contributed by atoms with Gasteiger partial charge in [0.05, 0.1) is 11.3 Å². The predicted molar refractivity (Wildman–Crippen MR) is 124 cm³/mol. The molecule has 5 aromatic rings. The average Bonchev–Trinajstić information content (AvgIpc) is 3.22. The topological polar surface area (TPSA) is 61.4 Å². The van der Waals surface area contributed by atoms with Gasteiger partial charge in [0.25, 0.3) is 5.56 Å². The summed E-state index contributed by atoms with van der Waals surface area (Å²) >= 11 is 0. The number of halogens is 4. The molecule has 2 aromatic carbocycles. The van der Waals surface area contributed by atoms with Crippen LogP contribution in [0.15, 0.2) is 65.6 Å². The number of pyridine rings is 1. The Hall–Kier alpha value is -4.47. The summed E-state index contributed by atoms with van der Waals surface area (Å²) in [6.45, 7) is 2.99. The summed E-state index contributed by atoms with van der Waals surface area (Å²) in [6.07, 6.45) is 1.49. The number of hydrogen-bond donors (Lipinski definition) is 0. The monoisotopic (exact) mass is 494 g/mol. The number of aryl methyl sites for hydroxylation is 2. The van der Waals surface area contributed by atoms with Crippen molar-refractivity contribution in [2.45, 2.75) is 20.5 Å². The molecule has 3 heterocycles. The van der Waals surface area contributed by atoms with Gasteiger partial charge < -0.3 is 4.74 Å². The maximum absolute atomic E-state index is 14.3. The molecule has 0 aliphatic carbocycles. The molecule has 3 aromatic heterocycles. The normalized spacial score (nSPS) is 11.3. The second kappa shape index (κ2) is 8.95. The molecular weight excluding hydrogens is 476 g/mol. The summed E-state index contributed by atoms with van der Waals surface area (Å²) in [4.78, 5) is 17.9. The average molecular weight is 494 g/mol. The molecule has 0 unspecified atom stereocenters. The van der Waals surface area contributed by atoms with Gasteiger partial charge in [0.2, 0.25) is 0 Å². The molecule has 0 saturated heterocycles. The Labute approximate surface area is 202 Å². The van der Waals surface area contributed by atoms with Gasteiger partial charge in [-0.15, -0.1) is 0 Å². The summed E-state index contributed by atoms with van der Waals surface area (Å²) in [7, 11) is 0. The smallest absolute Gasteiger partial charge is 0.267 e. The molecule has 182 valence electrons. The van der Waals surface area contributed by atoms with Crippen molar-refractivity contribution in [2.24, 2.45) is 0 Å². The Morgan fingerprint density at radius 1 is 0.917 bits per heavy atom. The van der Waals surface area contributed by atoms with Crippen LogP contribution in [0.5, 0.6) is 5.75 Å². The van der Waals surface area contributed by atoms with Gasteiger partial charge in [-0.1, -0.05) is 0 Å². The first-order valence-corrected chi connectivity index (χ1v) is 10.8. The molecule has 5 rings (SSSR count). The molecule has 0 fully saturated rings. The van der Waals surface area contributed by atoms with Gasteiger partial charge in [0.1, 0.15) is 41.3 Å². The van der Waals surface area contributed by atoms with Gasteiger partial charge in [-0.05, 0) is 62.4 Å². The zero-order valence-corrected chi connectivity index (χ0v) is 19.1. The fraction of sp³-hybridized carbons (Fsp3) is 0.115. The molecule has 6 nitrogen and oxygen atoms in total. The molecule has 0 bridgehead atoms. The lowest BCUT2D eigenvalue weighted by molar-refractivity contribution is 0.300. The molecule has 0 saturated carbocycles. The van der Waals surface area contributed by atoms with Crippen LogP contribution in [0.4, 0.5) is 17.6 Å². The number of nitrogens with zero attached hydrogens (tertiary/aromatic N) is 4. The number of hydrogen-bond acceptors (Lipinski definition) is 4. The van der Waals surface area contributed by atoms with Crippen molar-refractivity contribution in [2.75, 3.05) is 0 Å². The molecule has 0 N–H and O–H groups in total. The number of fused-ring (bicyclic) bond motifs is 1. The number of ether oxygens (including phenoxy) is 1. The Morgan fingerprint density at radius 3 is 2.42 bits per heavy atom. The first kappa shape index (κ1) is 23.3. The molecule has 0 radical (unpaired) electrons. The second-order valence-corrected chi connectivity index (χ2v) is 8.15. The Balaban J connectivity index is 1.57. The lowest BCUT2D eigenvalue weighted by Crippen LogP contribution is -2.19.